The van der Waals surface area contributed by atoms with Crippen LogP contribution in [0.1, 0.15) is 20.7 Å². The number of anilines is 1. The number of hydrogen-bond acceptors (Lipinski definition) is 4. The number of ether oxygens (including phenoxy) is 1. The zero-order valence-electron chi connectivity index (χ0n) is 14.6. The van der Waals surface area contributed by atoms with Gasteiger partial charge in [-0.1, -0.05) is 23.7 Å². The van der Waals surface area contributed by atoms with E-state index in [1.54, 1.807) is 36.8 Å². The highest BCUT2D eigenvalue weighted by Gasteiger charge is 2.25. The molecule has 0 aliphatic carbocycles. The predicted molar refractivity (Wildman–Crippen MR) is 141 cm³/mol. The molecule has 0 unspecified atom stereocenters. The summed E-state index contributed by atoms with van der Waals surface area (Å²) in [5.41, 5.74) is 1.46. The van der Waals surface area contributed by atoms with Crippen molar-refractivity contribution in [3.8, 4) is 16.2 Å². The Balaban J connectivity index is 2.02. The minimum atomic E-state index is -1.11. The Labute approximate surface area is 216 Å². The lowest BCUT2D eigenvalue weighted by Crippen LogP contribution is -2.17. The lowest BCUT2D eigenvalue weighted by atomic mass is 10.1. The number of halogens is 4. The van der Waals surface area contributed by atoms with Crippen molar-refractivity contribution >= 4 is 108 Å². The van der Waals surface area contributed by atoms with Gasteiger partial charge in [0.25, 0.3) is 5.91 Å². The van der Waals surface area contributed by atoms with Crippen molar-refractivity contribution in [2.45, 2.75) is 0 Å². The Bertz CT molecular complexity index is 1120. The summed E-state index contributed by atoms with van der Waals surface area (Å²) in [5.74, 6) is -0.894. The molecular weight excluding hydrogens is 754 g/mol. The Morgan fingerprint density at radius 2 is 1.76 bits per heavy atom. The molecule has 150 valence electrons. The third-order valence-corrected chi connectivity index (χ3v) is 7.88. The second kappa shape index (κ2) is 9.66. The van der Waals surface area contributed by atoms with E-state index < -0.39 is 11.9 Å². The Kier molecular flexibility index (Phi) is 7.67. The number of rotatable bonds is 5. The van der Waals surface area contributed by atoms with E-state index in [-0.39, 0.29) is 11.3 Å². The van der Waals surface area contributed by atoms with E-state index in [0.717, 1.165) is 12.7 Å². The average molecular weight is 766 g/mol. The van der Waals surface area contributed by atoms with Crippen LogP contribution in [-0.4, -0.2) is 24.1 Å². The van der Waals surface area contributed by atoms with Gasteiger partial charge in [-0.2, -0.15) is 0 Å². The summed E-state index contributed by atoms with van der Waals surface area (Å²) in [6.45, 7) is 0. The van der Waals surface area contributed by atoms with E-state index in [2.05, 4.69) is 73.1 Å². The fourth-order valence-electron chi connectivity index (χ4n) is 2.63. The van der Waals surface area contributed by atoms with Gasteiger partial charge in [0.05, 0.1) is 30.4 Å². The maximum Gasteiger partial charge on any atom is 0.339 e. The van der Waals surface area contributed by atoms with Crippen molar-refractivity contribution in [3.05, 3.63) is 62.6 Å². The second-order valence-electron chi connectivity index (χ2n) is 5.68. The van der Waals surface area contributed by atoms with Crippen LogP contribution in [0.2, 0.25) is 5.02 Å². The molecule has 0 aliphatic rings. The van der Waals surface area contributed by atoms with E-state index >= 15 is 0 Å². The number of aromatic carboxylic acids is 1. The van der Waals surface area contributed by atoms with Crippen LogP contribution in [0.3, 0.4) is 0 Å². The van der Waals surface area contributed by atoms with Gasteiger partial charge >= 0.3 is 5.97 Å². The number of amides is 1. The Morgan fingerprint density at radius 3 is 2.34 bits per heavy atom. The molecule has 5 nitrogen and oxygen atoms in total. The van der Waals surface area contributed by atoms with Crippen LogP contribution in [0, 0.1) is 10.7 Å². The van der Waals surface area contributed by atoms with Crippen LogP contribution in [0.5, 0.6) is 5.75 Å². The molecule has 0 saturated carbocycles. The van der Waals surface area contributed by atoms with E-state index in [1.807, 2.05) is 6.07 Å². The first-order valence-corrected chi connectivity index (χ1v) is 12.4. The highest BCUT2D eigenvalue weighted by atomic mass is 127. The summed E-state index contributed by atoms with van der Waals surface area (Å²) in [5, 5.41) is 14.7. The highest BCUT2D eigenvalue weighted by Crippen LogP contribution is 2.38. The predicted octanol–water partition coefficient (Wildman–Crippen LogP) is 6.84. The Morgan fingerprint density at radius 1 is 1.10 bits per heavy atom. The van der Waals surface area contributed by atoms with Gasteiger partial charge in [-0.15, -0.1) is 11.3 Å². The zero-order chi connectivity index (χ0) is 21.3. The summed E-state index contributed by atoms with van der Waals surface area (Å²) < 4.78 is 7.72. The zero-order valence-corrected chi connectivity index (χ0v) is 22.6. The molecule has 0 aliphatic heterocycles. The first-order chi connectivity index (χ1) is 13.7. The number of thiophene rings is 1. The van der Waals surface area contributed by atoms with Crippen LogP contribution >= 0.6 is 90.7 Å². The fraction of sp³-hybridized carbons (Fsp3) is 0.0526. The Hall–Kier alpha value is -0.640. The first-order valence-electron chi connectivity index (χ1n) is 7.88. The summed E-state index contributed by atoms with van der Waals surface area (Å²) in [6, 6.07) is 8.75. The third-order valence-electron chi connectivity index (χ3n) is 3.92. The standard InChI is InChI=1S/C19H11ClI3NO4S/c1-28-16-11(22)6-10(21)13(15(16)23)18(25)24-12-7-29-17(14(12)19(26)27)8-2-4-9(20)5-3-8/h2-7H,1H3,(H,24,25)(H,26,27). The second-order valence-corrected chi connectivity index (χ2v) is 10.4. The fourth-order valence-corrected chi connectivity index (χ4v) is 8.06. The summed E-state index contributed by atoms with van der Waals surface area (Å²) in [4.78, 5) is 25.5. The molecule has 0 bridgehead atoms. The summed E-state index contributed by atoms with van der Waals surface area (Å²) in [6.07, 6.45) is 0. The van der Waals surface area contributed by atoms with Crippen LogP contribution in [0.15, 0.2) is 35.7 Å². The van der Waals surface area contributed by atoms with E-state index in [9.17, 15) is 14.7 Å². The van der Waals surface area contributed by atoms with Gasteiger partial charge in [0.2, 0.25) is 0 Å². The minimum Gasteiger partial charge on any atom is -0.495 e. The normalized spacial score (nSPS) is 10.7. The number of benzene rings is 2. The molecule has 2 aromatic carbocycles. The van der Waals surface area contributed by atoms with E-state index in [0.29, 0.717) is 24.8 Å². The van der Waals surface area contributed by atoms with E-state index in [1.165, 1.54) is 11.3 Å². The topological polar surface area (TPSA) is 75.6 Å². The molecule has 1 amide bonds. The van der Waals surface area contributed by atoms with Gasteiger partial charge in [0.15, 0.2) is 0 Å². The SMILES string of the molecule is COc1c(I)cc(I)c(C(=O)Nc2csc(-c3ccc(Cl)cc3)c2C(=O)O)c1I. The molecule has 29 heavy (non-hydrogen) atoms. The van der Waals surface area contributed by atoms with Gasteiger partial charge in [0, 0.05) is 14.0 Å². The van der Waals surface area contributed by atoms with E-state index in [4.69, 9.17) is 16.3 Å². The molecule has 10 heteroatoms. The first kappa shape index (κ1) is 23.0. The monoisotopic (exact) mass is 765 g/mol. The molecule has 1 aromatic heterocycles. The lowest BCUT2D eigenvalue weighted by Gasteiger charge is -2.13. The number of carbonyl (C=O) groups excluding carboxylic acids is 1. The molecule has 3 rings (SSSR count). The quantitative estimate of drug-likeness (QED) is 0.279. The molecule has 0 atom stereocenters. The van der Waals surface area contributed by atoms with Crippen LogP contribution in [-0.2, 0) is 0 Å². The van der Waals surface area contributed by atoms with Crippen molar-refractivity contribution in [1.29, 1.82) is 0 Å². The minimum absolute atomic E-state index is 0.0492. The average Bonchev–Trinajstić information content (AvgIpc) is 3.06. The molecule has 3 aromatic rings. The smallest absolute Gasteiger partial charge is 0.339 e. The van der Waals surface area contributed by atoms with Crippen molar-refractivity contribution in [1.82, 2.24) is 0 Å². The maximum atomic E-state index is 13.0. The van der Waals surface area contributed by atoms with Crippen molar-refractivity contribution in [2.24, 2.45) is 0 Å². The van der Waals surface area contributed by atoms with Crippen molar-refractivity contribution < 1.29 is 19.4 Å². The van der Waals surface area contributed by atoms with Gasteiger partial charge in [-0.3, -0.25) is 4.79 Å². The largest absolute Gasteiger partial charge is 0.495 e. The molecule has 0 radical (unpaired) electrons. The van der Waals surface area contributed by atoms with Crippen LogP contribution in [0.25, 0.3) is 10.4 Å². The van der Waals surface area contributed by atoms with Gasteiger partial charge < -0.3 is 15.2 Å². The number of carboxylic acids is 1. The van der Waals surface area contributed by atoms with Crippen LogP contribution < -0.4 is 10.1 Å². The molecule has 0 fully saturated rings. The molecule has 1 heterocycles. The van der Waals surface area contributed by atoms with Gasteiger partial charge in [-0.25, -0.2) is 4.79 Å². The number of hydrogen-bond donors (Lipinski definition) is 2. The summed E-state index contributed by atoms with van der Waals surface area (Å²) in [7, 11) is 1.55. The highest BCUT2D eigenvalue weighted by molar-refractivity contribution is 14.1. The molecule has 2 N–H and O–H groups in total. The van der Waals surface area contributed by atoms with Crippen molar-refractivity contribution in [2.75, 3.05) is 12.4 Å². The maximum absolute atomic E-state index is 13.0. The third kappa shape index (κ3) is 4.83. The summed E-state index contributed by atoms with van der Waals surface area (Å²) >= 11 is 13.5. The number of carbonyl (C=O) groups is 2. The van der Waals surface area contributed by atoms with Gasteiger partial charge in [0.1, 0.15) is 11.3 Å². The van der Waals surface area contributed by atoms with Gasteiger partial charge in [-0.05, 0) is 91.5 Å². The number of nitrogens with one attached hydrogen (secondary N) is 1. The number of carboxylic acid groups (broad SMARTS) is 1. The lowest BCUT2D eigenvalue weighted by molar-refractivity contribution is 0.0699. The molecule has 0 saturated heterocycles. The molecule has 0 spiro atoms. The van der Waals surface area contributed by atoms with Crippen molar-refractivity contribution in [3.63, 3.8) is 0 Å². The molecular formula is C19H11ClI3NO4S. The van der Waals surface area contributed by atoms with Crippen LogP contribution in [0.4, 0.5) is 5.69 Å². The number of methoxy groups -OCH3 is 1.